The van der Waals surface area contributed by atoms with Gasteiger partial charge >= 0.3 is 6.03 Å². The Bertz CT molecular complexity index is 460. The second kappa shape index (κ2) is 9.70. The van der Waals surface area contributed by atoms with Crippen LogP contribution in [-0.4, -0.2) is 43.0 Å². The minimum atomic E-state index is 0.0158. The second-order valence-corrected chi connectivity index (χ2v) is 7.44. The van der Waals surface area contributed by atoms with E-state index in [0.29, 0.717) is 12.5 Å². The number of piperidine rings is 1. The van der Waals surface area contributed by atoms with Crippen molar-refractivity contribution in [2.45, 2.75) is 58.8 Å². The van der Waals surface area contributed by atoms with Crippen LogP contribution in [-0.2, 0) is 4.79 Å². The number of carbonyl (C=O) groups is 2. The molecule has 0 bridgehead atoms. The van der Waals surface area contributed by atoms with E-state index in [1.165, 1.54) is 31.3 Å². The quantitative estimate of drug-likeness (QED) is 0.733. The van der Waals surface area contributed by atoms with E-state index in [-0.39, 0.29) is 17.9 Å². The van der Waals surface area contributed by atoms with Gasteiger partial charge in [0.1, 0.15) is 0 Å². The van der Waals surface area contributed by atoms with Gasteiger partial charge in [-0.2, -0.15) is 0 Å². The van der Waals surface area contributed by atoms with Gasteiger partial charge < -0.3 is 15.5 Å². The van der Waals surface area contributed by atoms with Crippen LogP contribution in [0.5, 0.6) is 0 Å². The molecule has 1 aliphatic carbocycles. The Morgan fingerprint density at radius 1 is 1.25 bits per heavy atom. The van der Waals surface area contributed by atoms with E-state index < -0.39 is 0 Å². The Hall–Kier alpha value is -1.52. The van der Waals surface area contributed by atoms with Gasteiger partial charge in [0.25, 0.3) is 0 Å². The first-order valence-corrected chi connectivity index (χ1v) is 9.54. The van der Waals surface area contributed by atoms with Crippen molar-refractivity contribution < 1.29 is 9.59 Å². The highest BCUT2D eigenvalue weighted by molar-refractivity contribution is 5.77. The van der Waals surface area contributed by atoms with Crippen LogP contribution in [0.4, 0.5) is 4.79 Å². The van der Waals surface area contributed by atoms with Crippen LogP contribution in [0.2, 0.25) is 0 Å². The maximum atomic E-state index is 12.3. The van der Waals surface area contributed by atoms with Crippen molar-refractivity contribution in [2.75, 3.05) is 26.2 Å². The van der Waals surface area contributed by atoms with Gasteiger partial charge in [0.2, 0.25) is 5.91 Å². The number of urea groups is 1. The van der Waals surface area contributed by atoms with Crippen molar-refractivity contribution >= 4 is 11.9 Å². The Labute approximate surface area is 146 Å². The van der Waals surface area contributed by atoms with Crippen LogP contribution < -0.4 is 10.6 Å². The average Bonchev–Trinajstić information content (AvgIpc) is 2.60. The van der Waals surface area contributed by atoms with E-state index in [1.807, 2.05) is 18.7 Å². The summed E-state index contributed by atoms with van der Waals surface area (Å²) in [5.74, 6) is 0.479. The lowest BCUT2D eigenvalue weighted by Crippen LogP contribution is -2.48. The topological polar surface area (TPSA) is 61.4 Å². The number of allylic oxidation sites excluding steroid dienone is 1. The molecule has 0 saturated carbocycles. The maximum Gasteiger partial charge on any atom is 0.317 e. The van der Waals surface area contributed by atoms with Gasteiger partial charge in [-0.05, 0) is 50.9 Å². The molecular weight excluding hydrogens is 302 g/mol. The molecule has 24 heavy (non-hydrogen) atoms. The molecule has 1 saturated heterocycles. The van der Waals surface area contributed by atoms with Gasteiger partial charge in [-0.1, -0.05) is 25.5 Å². The lowest BCUT2D eigenvalue weighted by atomic mass is 9.97. The van der Waals surface area contributed by atoms with Crippen molar-refractivity contribution in [3.05, 3.63) is 11.6 Å². The van der Waals surface area contributed by atoms with Crippen LogP contribution in [0.15, 0.2) is 11.6 Å². The smallest absolute Gasteiger partial charge is 0.317 e. The fourth-order valence-electron chi connectivity index (χ4n) is 3.44. The van der Waals surface area contributed by atoms with Crippen molar-refractivity contribution in [2.24, 2.45) is 11.8 Å². The van der Waals surface area contributed by atoms with Gasteiger partial charge in [0.15, 0.2) is 0 Å². The molecule has 2 rings (SSSR count). The normalized spacial score (nSPS) is 21.4. The number of nitrogens with zero attached hydrogens (tertiary/aromatic N) is 1. The van der Waals surface area contributed by atoms with Crippen LogP contribution in [0.1, 0.15) is 58.8 Å². The fourth-order valence-corrected chi connectivity index (χ4v) is 3.44. The number of hydrogen-bond donors (Lipinski definition) is 2. The third kappa shape index (κ3) is 6.17. The third-order valence-electron chi connectivity index (χ3n) is 5.00. The predicted molar refractivity (Wildman–Crippen MR) is 96.7 cm³/mol. The Kier molecular flexibility index (Phi) is 7.60. The monoisotopic (exact) mass is 335 g/mol. The van der Waals surface area contributed by atoms with Gasteiger partial charge in [-0.15, -0.1) is 0 Å². The number of rotatable bonds is 6. The van der Waals surface area contributed by atoms with Crippen molar-refractivity contribution in [3.63, 3.8) is 0 Å². The molecule has 0 spiro atoms. The molecule has 136 valence electrons. The number of likely N-dealkylation sites (tertiary alicyclic amines) is 1. The highest BCUT2D eigenvalue weighted by Crippen LogP contribution is 2.20. The molecule has 0 aromatic heterocycles. The first-order chi connectivity index (χ1) is 11.6. The molecule has 1 fully saturated rings. The van der Waals surface area contributed by atoms with Crippen LogP contribution >= 0.6 is 0 Å². The molecule has 1 unspecified atom stereocenters. The maximum absolute atomic E-state index is 12.3. The minimum absolute atomic E-state index is 0.0158. The first-order valence-electron chi connectivity index (χ1n) is 9.54. The minimum Gasteiger partial charge on any atom is -0.356 e. The summed E-state index contributed by atoms with van der Waals surface area (Å²) in [6.07, 6.45) is 10.4. The summed E-state index contributed by atoms with van der Waals surface area (Å²) in [6.45, 7) is 6.77. The number of carbonyl (C=O) groups excluding carboxylic acids is 2. The van der Waals surface area contributed by atoms with E-state index >= 15 is 0 Å². The fraction of sp³-hybridized carbons (Fsp3) is 0.789. The Morgan fingerprint density at radius 3 is 2.79 bits per heavy atom. The molecule has 2 N–H and O–H groups in total. The Balaban J connectivity index is 1.67. The van der Waals surface area contributed by atoms with E-state index in [1.54, 1.807) is 0 Å². The molecule has 0 radical (unpaired) electrons. The van der Waals surface area contributed by atoms with Crippen molar-refractivity contribution in [3.8, 4) is 0 Å². The summed E-state index contributed by atoms with van der Waals surface area (Å²) >= 11 is 0. The number of nitrogens with one attached hydrogen (secondary N) is 2. The van der Waals surface area contributed by atoms with Gasteiger partial charge in [0, 0.05) is 32.1 Å². The van der Waals surface area contributed by atoms with Crippen LogP contribution in [0.25, 0.3) is 0 Å². The summed E-state index contributed by atoms with van der Waals surface area (Å²) < 4.78 is 0. The standard InChI is InChI=1S/C19H33N3O2/c1-15(2)18(23)21-13-17-9-6-12-22(14-17)19(24)20-11-10-16-7-4-3-5-8-16/h7,15,17H,3-6,8-14H2,1-2H3,(H,20,24)(H,21,23). The molecule has 1 heterocycles. The molecule has 3 amide bonds. The highest BCUT2D eigenvalue weighted by Gasteiger charge is 2.24. The molecule has 5 heteroatoms. The lowest BCUT2D eigenvalue weighted by Gasteiger charge is -2.33. The zero-order chi connectivity index (χ0) is 17.4. The lowest BCUT2D eigenvalue weighted by molar-refractivity contribution is -0.124. The van der Waals surface area contributed by atoms with E-state index in [2.05, 4.69) is 16.7 Å². The molecular formula is C19H33N3O2. The van der Waals surface area contributed by atoms with Gasteiger partial charge in [-0.25, -0.2) is 4.79 Å². The van der Waals surface area contributed by atoms with Gasteiger partial charge in [0.05, 0.1) is 0 Å². The summed E-state index contributed by atoms with van der Waals surface area (Å²) in [6, 6.07) is 0.0475. The largest absolute Gasteiger partial charge is 0.356 e. The van der Waals surface area contributed by atoms with Crippen LogP contribution in [0.3, 0.4) is 0 Å². The molecule has 0 aromatic rings. The third-order valence-corrected chi connectivity index (χ3v) is 5.00. The van der Waals surface area contributed by atoms with E-state index in [9.17, 15) is 9.59 Å². The van der Waals surface area contributed by atoms with Gasteiger partial charge in [-0.3, -0.25) is 4.79 Å². The summed E-state index contributed by atoms with van der Waals surface area (Å²) in [7, 11) is 0. The SMILES string of the molecule is CC(C)C(=O)NCC1CCCN(C(=O)NCCC2=CCCCC2)C1. The molecule has 0 aromatic carbocycles. The summed E-state index contributed by atoms with van der Waals surface area (Å²) in [4.78, 5) is 25.9. The molecule has 5 nitrogen and oxygen atoms in total. The zero-order valence-corrected chi connectivity index (χ0v) is 15.3. The van der Waals surface area contributed by atoms with Crippen molar-refractivity contribution in [1.82, 2.24) is 15.5 Å². The zero-order valence-electron chi connectivity index (χ0n) is 15.3. The van der Waals surface area contributed by atoms with E-state index in [4.69, 9.17) is 0 Å². The predicted octanol–water partition coefficient (Wildman–Crippen LogP) is 3.07. The van der Waals surface area contributed by atoms with E-state index in [0.717, 1.165) is 38.9 Å². The summed E-state index contributed by atoms with van der Waals surface area (Å²) in [5, 5.41) is 6.05. The average molecular weight is 335 g/mol. The second-order valence-electron chi connectivity index (χ2n) is 7.44. The van der Waals surface area contributed by atoms with Crippen molar-refractivity contribution in [1.29, 1.82) is 0 Å². The number of hydrogen-bond acceptors (Lipinski definition) is 2. The molecule has 1 atom stereocenters. The number of amides is 3. The highest BCUT2D eigenvalue weighted by atomic mass is 16.2. The molecule has 2 aliphatic rings. The molecule has 1 aliphatic heterocycles. The van der Waals surface area contributed by atoms with Crippen LogP contribution in [0, 0.1) is 11.8 Å². The first kappa shape index (κ1) is 18.8. The Morgan fingerprint density at radius 2 is 2.08 bits per heavy atom. The summed E-state index contributed by atoms with van der Waals surface area (Å²) in [5.41, 5.74) is 1.49.